The minimum atomic E-state index is -0.503. The Labute approximate surface area is 89.7 Å². The monoisotopic (exact) mass is 214 g/mol. The van der Waals surface area contributed by atoms with Crippen LogP contribution in [0.1, 0.15) is 13.8 Å². The first kappa shape index (κ1) is 13.6. The summed E-state index contributed by atoms with van der Waals surface area (Å²) in [5.41, 5.74) is 0. The van der Waals surface area contributed by atoms with E-state index in [1.54, 1.807) is 14.0 Å². The van der Waals surface area contributed by atoms with E-state index in [1.807, 2.05) is 0 Å². The van der Waals surface area contributed by atoms with Crippen LogP contribution >= 0.6 is 0 Å². The molecule has 0 heterocycles. The maximum atomic E-state index is 11.5. The summed E-state index contributed by atoms with van der Waals surface area (Å²) in [4.78, 5) is 22.4. The molecule has 2 amide bonds. The van der Waals surface area contributed by atoms with Crippen LogP contribution in [0.3, 0.4) is 0 Å². The van der Waals surface area contributed by atoms with Gasteiger partial charge in [0.15, 0.2) is 5.78 Å². The molecule has 6 nitrogen and oxygen atoms in total. The molecule has 0 saturated carbocycles. The van der Waals surface area contributed by atoms with Gasteiger partial charge in [0, 0.05) is 13.3 Å². The molecule has 2 N–H and O–H groups in total. The Bertz CT molecular complexity index is 242. The third-order valence-electron chi connectivity index (χ3n) is 1.93. The van der Waals surface area contributed by atoms with Crippen molar-refractivity contribution in [2.24, 2.45) is 5.10 Å². The number of likely N-dealkylation sites (N-methyl/N-ethyl adjacent to an activating group) is 1. The summed E-state index contributed by atoms with van der Waals surface area (Å²) < 4.78 is 0. The molecule has 0 spiro atoms. The Morgan fingerprint density at radius 3 is 2.53 bits per heavy atom. The zero-order chi connectivity index (χ0) is 11.8. The van der Waals surface area contributed by atoms with E-state index in [-0.39, 0.29) is 5.78 Å². The largest absolute Gasteiger partial charge is 0.338 e. The maximum absolute atomic E-state index is 11.5. The van der Waals surface area contributed by atoms with E-state index >= 15 is 0 Å². The molecular formula is C9H18N4O2. The second kappa shape index (κ2) is 6.94. The number of amides is 2. The van der Waals surface area contributed by atoms with Gasteiger partial charge in [0.1, 0.15) is 0 Å². The molecule has 6 heteroatoms. The smallest absolute Gasteiger partial charge is 0.327 e. The van der Waals surface area contributed by atoms with Crippen molar-refractivity contribution in [3.05, 3.63) is 0 Å². The number of nitrogens with zero attached hydrogens (tertiary/aromatic N) is 2. The second-order valence-electron chi connectivity index (χ2n) is 3.15. The van der Waals surface area contributed by atoms with E-state index in [9.17, 15) is 9.59 Å². The van der Waals surface area contributed by atoms with Gasteiger partial charge in [0.25, 0.3) is 0 Å². The normalized spacial score (nSPS) is 11.7. The van der Waals surface area contributed by atoms with Crippen molar-refractivity contribution in [3.63, 3.8) is 0 Å². The van der Waals surface area contributed by atoms with Gasteiger partial charge in [-0.3, -0.25) is 4.79 Å². The van der Waals surface area contributed by atoms with E-state index in [0.29, 0.717) is 13.1 Å². The Morgan fingerprint density at radius 1 is 1.53 bits per heavy atom. The number of nitrogens with one attached hydrogen (secondary N) is 2. The van der Waals surface area contributed by atoms with Crippen LogP contribution in [0.25, 0.3) is 0 Å². The van der Waals surface area contributed by atoms with Crippen molar-refractivity contribution in [1.29, 1.82) is 0 Å². The summed E-state index contributed by atoms with van der Waals surface area (Å²) in [5, 5.41) is 10.1. The molecule has 0 rings (SSSR count). The molecule has 0 aliphatic rings. The molecular weight excluding hydrogens is 196 g/mol. The lowest BCUT2D eigenvalue weighted by atomic mass is 10.2. The van der Waals surface area contributed by atoms with Crippen LogP contribution < -0.4 is 10.6 Å². The van der Waals surface area contributed by atoms with Crippen molar-refractivity contribution in [2.75, 3.05) is 20.1 Å². The van der Waals surface area contributed by atoms with Crippen molar-refractivity contribution in [1.82, 2.24) is 15.6 Å². The first-order valence-corrected chi connectivity index (χ1v) is 4.72. The number of carbonyl (C=O) groups is 2. The molecule has 0 aromatic carbocycles. The lowest BCUT2D eigenvalue weighted by Crippen LogP contribution is -2.45. The molecule has 0 radical (unpaired) electrons. The maximum Gasteiger partial charge on any atom is 0.338 e. The molecule has 0 fully saturated rings. The predicted molar refractivity (Wildman–Crippen MR) is 58.9 cm³/mol. The minimum Gasteiger partial charge on any atom is -0.327 e. The number of Topliss-reactive ketones (excluding diaryl/α,β-unsaturated/α-hetero) is 1. The number of carbonyl (C=O) groups excluding carboxylic acids is 2. The highest BCUT2D eigenvalue weighted by molar-refractivity contribution is 5.86. The van der Waals surface area contributed by atoms with E-state index in [1.165, 1.54) is 11.9 Å². The number of urea groups is 1. The second-order valence-corrected chi connectivity index (χ2v) is 3.15. The van der Waals surface area contributed by atoms with Crippen LogP contribution in [0.4, 0.5) is 4.79 Å². The molecule has 0 aliphatic heterocycles. The first-order valence-electron chi connectivity index (χ1n) is 4.72. The topological polar surface area (TPSA) is 73.8 Å². The van der Waals surface area contributed by atoms with Crippen molar-refractivity contribution in [2.45, 2.75) is 19.9 Å². The van der Waals surface area contributed by atoms with Crippen LogP contribution in [0.15, 0.2) is 5.10 Å². The Balaban J connectivity index is 4.15. The van der Waals surface area contributed by atoms with Gasteiger partial charge in [-0.05, 0) is 20.9 Å². The summed E-state index contributed by atoms with van der Waals surface area (Å²) >= 11 is 0. The fourth-order valence-corrected chi connectivity index (χ4v) is 0.816. The van der Waals surface area contributed by atoms with Gasteiger partial charge >= 0.3 is 6.03 Å². The van der Waals surface area contributed by atoms with Crippen LogP contribution in [0.5, 0.6) is 0 Å². The number of rotatable bonds is 6. The first-order chi connectivity index (χ1) is 7.02. The Morgan fingerprint density at radius 2 is 2.13 bits per heavy atom. The van der Waals surface area contributed by atoms with Crippen molar-refractivity contribution in [3.8, 4) is 0 Å². The van der Waals surface area contributed by atoms with Crippen LogP contribution in [-0.2, 0) is 4.79 Å². The number of hydrogen-bond donors (Lipinski definition) is 2. The Hall–Kier alpha value is -1.43. The summed E-state index contributed by atoms with van der Waals surface area (Å²) in [6.07, 6.45) is 0. The third kappa shape index (κ3) is 5.11. The average molecular weight is 214 g/mol. The SMILES string of the molecule is C=NN(CCNC)C(=O)NC(C)C(C)=O. The molecule has 1 atom stereocenters. The average Bonchev–Trinajstić information content (AvgIpc) is 2.18. The van der Waals surface area contributed by atoms with E-state index in [4.69, 9.17) is 0 Å². The highest BCUT2D eigenvalue weighted by atomic mass is 16.2. The van der Waals surface area contributed by atoms with E-state index in [0.717, 1.165) is 0 Å². The summed E-state index contributed by atoms with van der Waals surface area (Å²) in [6, 6.07) is -0.917. The van der Waals surface area contributed by atoms with Crippen LogP contribution in [0.2, 0.25) is 0 Å². The van der Waals surface area contributed by atoms with Gasteiger partial charge in [-0.15, -0.1) is 0 Å². The van der Waals surface area contributed by atoms with Crippen LogP contribution in [-0.4, -0.2) is 49.7 Å². The zero-order valence-corrected chi connectivity index (χ0v) is 9.41. The number of hydrazone groups is 1. The minimum absolute atomic E-state index is 0.0963. The summed E-state index contributed by atoms with van der Waals surface area (Å²) in [5.74, 6) is -0.0963. The van der Waals surface area contributed by atoms with E-state index < -0.39 is 12.1 Å². The molecule has 0 aliphatic carbocycles. The van der Waals surface area contributed by atoms with Gasteiger partial charge in [0.05, 0.1) is 12.6 Å². The Kier molecular flexibility index (Phi) is 6.28. The highest BCUT2D eigenvalue weighted by Gasteiger charge is 2.15. The quantitative estimate of drug-likeness (QED) is 0.475. The van der Waals surface area contributed by atoms with Gasteiger partial charge in [-0.25, -0.2) is 9.80 Å². The summed E-state index contributed by atoms with van der Waals surface area (Å²) in [6.45, 7) is 7.36. The lowest BCUT2D eigenvalue weighted by Gasteiger charge is -2.19. The van der Waals surface area contributed by atoms with Gasteiger partial charge < -0.3 is 10.6 Å². The fourth-order valence-electron chi connectivity index (χ4n) is 0.816. The standard InChI is InChI=1S/C9H18N4O2/c1-7(8(2)14)12-9(15)13(11-4)6-5-10-3/h7,10H,4-6H2,1-3H3,(H,12,15). The van der Waals surface area contributed by atoms with Crippen molar-refractivity contribution >= 4 is 18.5 Å². The molecule has 0 aromatic heterocycles. The van der Waals surface area contributed by atoms with Crippen LogP contribution in [0, 0.1) is 0 Å². The van der Waals surface area contributed by atoms with Crippen molar-refractivity contribution < 1.29 is 9.59 Å². The zero-order valence-electron chi connectivity index (χ0n) is 9.41. The molecule has 15 heavy (non-hydrogen) atoms. The van der Waals surface area contributed by atoms with Gasteiger partial charge in [0.2, 0.25) is 0 Å². The highest BCUT2D eigenvalue weighted by Crippen LogP contribution is 1.92. The number of ketones is 1. The predicted octanol–water partition coefficient (Wildman–Crippen LogP) is -0.189. The molecule has 1 unspecified atom stereocenters. The number of hydrogen-bond acceptors (Lipinski definition) is 4. The van der Waals surface area contributed by atoms with Gasteiger partial charge in [-0.1, -0.05) is 0 Å². The van der Waals surface area contributed by atoms with Gasteiger partial charge in [-0.2, -0.15) is 5.10 Å². The molecule has 86 valence electrons. The summed E-state index contributed by atoms with van der Waals surface area (Å²) in [7, 11) is 1.78. The fraction of sp³-hybridized carbons (Fsp3) is 0.667. The lowest BCUT2D eigenvalue weighted by molar-refractivity contribution is -0.118. The van der Waals surface area contributed by atoms with E-state index in [2.05, 4.69) is 22.5 Å². The molecule has 0 saturated heterocycles. The molecule has 0 bridgehead atoms. The molecule has 0 aromatic rings. The third-order valence-corrected chi connectivity index (χ3v) is 1.93.